The predicted molar refractivity (Wildman–Crippen MR) is 70.3 cm³/mol. The Kier molecular flexibility index (Phi) is 2.87. The van der Waals surface area contributed by atoms with E-state index in [2.05, 4.69) is 4.98 Å². The van der Waals surface area contributed by atoms with E-state index >= 15 is 0 Å². The molecular formula is C15H9FN2O2. The molecule has 0 saturated heterocycles. The van der Waals surface area contributed by atoms with Crippen molar-refractivity contribution in [2.75, 3.05) is 0 Å². The van der Waals surface area contributed by atoms with Crippen LogP contribution in [0.15, 0.2) is 54.9 Å². The van der Waals surface area contributed by atoms with Crippen LogP contribution >= 0.6 is 0 Å². The van der Waals surface area contributed by atoms with Crippen molar-refractivity contribution >= 4 is 17.2 Å². The molecule has 1 aromatic carbocycles. The second-order valence-electron chi connectivity index (χ2n) is 4.24. The van der Waals surface area contributed by atoms with E-state index in [1.807, 2.05) is 0 Å². The maximum Gasteiger partial charge on any atom is 0.251 e. The highest BCUT2D eigenvalue weighted by Gasteiger charge is 2.21. The van der Waals surface area contributed by atoms with Crippen molar-refractivity contribution in [3.05, 3.63) is 71.9 Å². The summed E-state index contributed by atoms with van der Waals surface area (Å²) < 4.78 is 14.6. The number of halogens is 1. The number of nitrogens with zero attached hydrogens (tertiary/aromatic N) is 2. The number of hydrogen-bond donors (Lipinski definition) is 0. The van der Waals surface area contributed by atoms with Gasteiger partial charge in [-0.3, -0.25) is 14.0 Å². The van der Waals surface area contributed by atoms with Gasteiger partial charge in [-0.25, -0.2) is 9.37 Å². The van der Waals surface area contributed by atoms with Crippen LogP contribution in [0.4, 0.5) is 4.39 Å². The number of aromatic nitrogens is 2. The fraction of sp³-hybridized carbons (Fsp3) is 0. The van der Waals surface area contributed by atoms with Crippen LogP contribution < -0.4 is 0 Å². The lowest BCUT2D eigenvalue weighted by Crippen LogP contribution is -2.16. The Labute approximate surface area is 113 Å². The molecule has 0 bridgehead atoms. The number of pyridine rings is 1. The average molecular weight is 268 g/mol. The van der Waals surface area contributed by atoms with Crippen molar-refractivity contribution in [1.82, 2.24) is 9.38 Å². The van der Waals surface area contributed by atoms with Gasteiger partial charge in [0.1, 0.15) is 17.2 Å². The Balaban J connectivity index is 2.02. The molecule has 0 atom stereocenters. The summed E-state index contributed by atoms with van der Waals surface area (Å²) in [5.74, 6) is -2.02. The van der Waals surface area contributed by atoms with Crippen LogP contribution in [0.5, 0.6) is 0 Å². The quantitative estimate of drug-likeness (QED) is 0.542. The van der Waals surface area contributed by atoms with Gasteiger partial charge < -0.3 is 0 Å². The number of imidazole rings is 1. The standard InChI is InChI=1S/C15H9FN2O2/c16-11-5-3-4-10(8-11)14(19)15(20)12-9-17-13-6-1-2-7-18(12)13/h1-9H. The molecule has 98 valence electrons. The molecule has 0 saturated carbocycles. The number of carbonyl (C=O) groups excluding carboxylic acids is 2. The Morgan fingerprint density at radius 2 is 1.90 bits per heavy atom. The van der Waals surface area contributed by atoms with Crippen molar-refractivity contribution in [3.63, 3.8) is 0 Å². The van der Waals surface area contributed by atoms with Gasteiger partial charge >= 0.3 is 0 Å². The van der Waals surface area contributed by atoms with Gasteiger partial charge in [0.25, 0.3) is 5.78 Å². The van der Waals surface area contributed by atoms with Crippen molar-refractivity contribution in [1.29, 1.82) is 0 Å². The van der Waals surface area contributed by atoms with E-state index in [0.717, 1.165) is 6.07 Å². The van der Waals surface area contributed by atoms with Crippen LogP contribution in [0.3, 0.4) is 0 Å². The Hall–Kier alpha value is -2.82. The van der Waals surface area contributed by atoms with Crippen LogP contribution in [-0.4, -0.2) is 21.0 Å². The van der Waals surface area contributed by atoms with Gasteiger partial charge in [0.2, 0.25) is 5.78 Å². The molecule has 4 nitrogen and oxygen atoms in total. The van der Waals surface area contributed by atoms with Crippen LogP contribution in [0, 0.1) is 5.82 Å². The topological polar surface area (TPSA) is 51.4 Å². The molecule has 3 aromatic rings. The molecule has 0 aliphatic rings. The predicted octanol–water partition coefficient (Wildman–Crippen LogP) is 2.54. The number of rotatable bonds is 3. The first-order chi connectivity index (χ1) is 9.66. The summed E-state index contributed by atoms with van der Waals surface area (Å²) in [6.07, 6.45) is 2.99. The van der Waals surface area contributed by atoms with Crippen molar-refractivity contribution < 1.29 is 14.0 Å². The molecule has 0 fully saturated rings. The summed E-state index contributed by atoms with van der Waals surface area (Å²) in [7, 11) is 0. The first kappa shape index (κ1) is 12.2. The molecule has 0 radical (unpaired) electrons. The van der Waals surface area contributed by atoms with E-state index in [1.54, 1.807) is 24.4 Å². The lowest BCUT2D eigenvalue weighted by Gasteiger charge is -2.01. The molecule has 2 heterocycles. The normalized spacial score (nSPS) is 10.7. The zero-order valence-corrected chi connectivity index (χ0v) is 10.3. The molecule has 0 N–H and O–H groups in total. The van der Waals surface area contributed by atoms with Crippen LogP contribution in [0.25, 0.3) is 5.65 Å². The lowest BCUT2D eigenvalue weighted by molar-refractivity contribution is 0.0813. The Morgan fingerprint density at radius 1 is 1.05 bits per heavy atom. The molecule has 0 unspecified atom stereocenters. The fourth-order valence-electron chi connectivity index (χ4n) is 1.98. The molecule has 20 heavy (non-hydrogen) atoms. The highest BCUT2D eigenvalue weighted by Crippen LogP contribution is 2.11. The minimum atomic E-state index is -0.754. The highest BCUT2D eigenvalue weighted by atomic mass is 19.1. The van der Waals surface area contributed by atoms with Gasteiger partial charge in [-0.1, -0.05) is 18.2 Å². The van der Waals surface area contributed by atoms with Gasteiger partial charge in [0.15, 0.2) is 0 Å². The van der Waals surface area contributed by atoms with E-state index in [1.165, 1.54) is 28.8 Å². The number of hydrogen-bond acceptors (Lipinski definition) is 3. The summed E-state index contributed by atoms with van der Waals surface area (Å²) in [5, 5.41) is 0. The van der Waals surface area contributed by atoms with E-state index in [9.17, 15) is 14.0 Å². The second-order valence-corrected chi connectivity index (χ2v) is 4.24. The van der Waals surface area contributed by atoms with Crippen molar-refractivity contribution in [2.45, 2.75) is 0 Å². The molecule has 0 aliphatic carbocycles. The number of Topliss-reactive ketones (excluding diaryl/α,β-unsaturated/α-hetero) is 2. The first-order valence-corrected chi connectivity index (χ1v) is 5.93. The minimum Gasteiger partial charge on any atom is -0.297 e. The average Bonchev–Trinajstić information content (AvgIpc) is 2.89. The zero-order valence-electron chi connectivity index (χ0n) is 10.3. The number of carbonyl (C=O) groups is 2. The summed E-state index contributed by atoms with van der Waals surface area (Å²) in [6, 6.07) is 10.3. The Morgan fingerprint density at radius 3 is 2.70 bits per heavy atom. The van der Waals surface area contributed by atoms with Crippen LogP contribution in [-0.2, 0) is 0 Å². The van der Waals surface area contributed by atoms with Gasteiger partial charge in [-0.2, -0.15) is 0 Å². The minimum absolute atomic E-state index is 0.0286. The van der Waals surface area contributed by atoms with E-state index < -0.39 is 17.4 Å². The SMILES string of the molecule is O=C(C(=O)c1cnc2ccccn12)c1cccc(F)c1. The summed E-state index contributed by atoms with van der Waals surface area (Å²) in [4.78, 5) is 28.3. The molecule has 3 rings (SSSR count). The number of benzene rings is 1. The maximum absolute atomic E-state index is 13.1. The largest absolute Gasteiger partial charge is 0.297 e. The van der Waals surface area contributed by atoms with Gasteiger partial charge in [0, 0.05) is 11.8 Å². The van der Waals surface area contributed by atoms with Crippen molar-refractivity contribution in [2.24, 2.45) is 0 Å². The maximum atomic E-state index is 13.1. The molecule has 5 heteroatoms. The second kappa shape index (κ2) is 4.70. The van der Waals surface area contributed by atoms with Gasteiger partial charge in [0.05, 0.1) is 6.20 Å². The van der Waals surface area contributed by atoms with Gasteiger partial charge in [-0.05, 0) is 24.3 Å². The summed E-state index contributed by atoms with van der Waals surface area (Å²) >= 11 is 0. The smallest absolute Gasteiger partial charge is 0.251 e. The van der Waals surface area contributed by atoms with Crippen LogP contribution in [0.1, 0.15) is 20.8 Å². The number of fused-ring (bicyclic) bond motifs is 1. The fourth-order valence-corrected chi connectivity index (χ4v) is 1.98. The highest BCUT2D eigenvalue weighted by molar-refractivity contribution is 6.48. The van der Waals surface area contributed by atoms with Crippen LogP contribution in [0.2, 0.25) is 0 Å². The third-order valence-electron chi connectivity index (χ3n) is 2.94. The molecule has 2 aromatic heterocycles. The third-order valence-corrected chi connectivity index (χ3v) is 2.94. The monoisotopic (exact) mass is 268 g/mol. The van der Waals surface area contributed by atoms with E-state index in [4.69, 9.17) is 0 Å². The van der Waals surface area contributed by atoms with Crippen molar-refractivity contribution in [3.8, 4) is 0 Å². The first-order valence-electron chi connectivity index (χ1n) is 5.93. The van der Waals surface area contributed by atoms with E-state index in [-0.39, 0.29) is 11.3 Å². The molecule has 0 amide bonds. The lowest BCUT2D eigenvalue weighted by atomic mass is 10.1. The molecule has 0 spiro atoms. The summed E-state index contributed by atoms with van der Waals surface area (Å²) in [6.45, 7) is 0. The Bertz CT molecular complexity index is 823. The van der Waals surface area contributed by atoms with Gasteiger partial charge in [-0.15, -0.1) is 0 Å². The third kappa shape index (κ3) is 1.99. The number of ketones is 2. The van der Waals surface area contributed by atoms with E-state index in [0.29, 0.717) is 5.65 Å². The summed E-state index contributed by atoms with van der Waals surface area (Å²) in [5.41, 5.74) is 0.763. The zero-order chi connectivity index (χ0) is 14.1. The molecule has 0 aliphatic heterocycles. The molecular weight excluding hydrogens is 259 g/mol.